The van der Waals surface area contributed by atoms with Crippen LogP contribution in [0.5, 0.6) is 5.75 Å². The Hall–Kier alpha value is -3.66. The second-order valence-corrected chi connectivity index (χ2v) is 6.67. The normalized spacial score (nSPS) is 18.6. The molecule has 2 atom stereocenters. The third kappa shape index (κ3) is 3.45. The molecule has 2 aromatic carbocycles. The highest BCUT2D eigenvalue weighted by atomic mass is 16.5. The van der Waals surface area contributed by atoms with E-state index in [9.17, 15) is 0 Å². The molecule has 1 aliphatic rings. The van der Waals surface area contributed by atoms with Crippen molar-refractivity contribution in [2.75, 3.05) is 11.6 Å². The smallest absolute Gasteiger partial charge is 0.247 e. The van der Waals surface area contributed by atoms with Gasteiger partial charge in [0.15, 0.2) is 0 Å². The summed E-state index contributed by atoms with van der Waals surface area (Å²) in [5, 5.41) is 23.2. The molecule has 3 aromatic rings. The molecule has 0 saturated carbocycles. The van der Waals surface area contributed by atoms with Crippen molar-refractivity contribution in [1.82, 2.24) is 10.2 Å². The van der Waals surface area contributed by atoms with E-state index in [4.69, 9.17) is 19.5 Å². The van der Waals surface area contributed by atoms with Gasteiger partial charge in [-0.25, -0.2) is 0 Å². The van der Waals surface area contributed by atoms with Crippen LogP contribution in [-0.2, 0) is 0 Å². The van der Waals surface area contributed by atoms with E-state index < -0.39 is 0 Å². The Morgan fingerprint density at radius 2 is 1.89 bits per heavy atom. The minimum Gasteiger partial charge on any atom is -0.493 e. The zero-order valence-corrected chi connectivity index (χ0v) is 15.6. The summed E-state index contributed by atoms with van der Waals surface area (Å²) in [6.45, 7) is 4.68. The molecule has 7 heteroatoms. The van der Waals surface area contributed by atoms with E-state index in [0.29, 0.717) is 18.1 Å². The summed E-state index contributed by atoms with van der Waals surface area (Å²) in [7, 11) is 0. The highest BCUT2D eigenvalue weighted by Crippen LogP contribution is 2.29. The maximum absolute atomic E-state index is 8.96. The zero-order valence-electron chi connectivity index (χ0n) is 15.6. The maximum atomic E-state index is 8.96. The molecule has 0 radical (unpaired) electrons. The van der Waals surface area contributed by atoms with Crippen molar-refractivity contribution in [3.8, 4) is 23.3 Å². The lowest BCUT2D eigenvalue weighted by molar-refractivity contribution is 0.273. The first-order valence-corrected chi connectivity index (χ1v) is 8.99. The Morgan fingerprint density at radius 3 is 2.54 bits per heavy atom. The maximum Gasteiger partial charge on any atom is 0.247 e. The van der Waals surface area contributed by atoms with Crippen LogP contribution in [0.25, 0.3) is 11.5 Å². The van der Waals surface area contributed by atoms with Crippen LogP contribution in [0.2, 0.25) is 0 Å². The fourth-order valence-corrected chi connectivity index (χ4v) is 3.27. The number of nitrogens with zero attached hydrogens (tertiary/aromatic N) is 5. The number of aromatic nitrogens is 2. The molecule has 2 unspecified atom stereocenters. The number of anilines is 1. The predicted octanol–water partition coefficient (Wildman–Crippen LogP) is 3.89. The zero-order chi connectivity index (χ0) is 19.5. The van der Waals surface area contributed by atoms with Crippen LogP contribution in [0.15, 0.2) is 64.4 Å². The number of hydrogen-bond donors (Lipinski definition) is 0. The van der Waals surface area contributed by atoms with Crippen LogP contribution >= 0.6 is 0 Å². The summed E-state index contributed by atoms with van der Waals surface area (Å²) in [6.07, 6.45) is 1.31. The van der Waals surface area contributed by atoms with E-state index in [1.54, 1.807) is 0 Å². The second kappa shape index (κ2) is 7.53. The van der Waals surface area contributed by atoms with E-state index in [1.165, 1.54) is 6.39 Å². The van der Waals surface area contributed by atoms with Crippen LogP contribution in [0.1, 0.15) is 19.4 Å². The van der Waals surface area contributed by atoms with Gasteiger partial charge in [0, 0.05) is 11.3 Å². The van der Waals surface area contributed by atoms with Crippen molar-refractivity contribution in [3.63, 3.8) is 0 Å². The van der Waals surface area contributed by atoms with Crippen molar-refractivity contribution in [1.29, 1.82) is 5.26 Å². The molecule has 28 heavy (non-hydrogen) atoms. The predicted molar refractivity (Wildman–Crippen MR) is 105 cm³/mol. The van der Waals surface area contributed by atoms with Crippen LogP contribution in [0.4, 0.5) is 5.69 Å². The second-order valence-electron chi connectivity index (χ2n) is 6.67. The number of hydrazone groups is 1. The van der Waals surface area contributed by atoms with Gasteiger partial charge in [0.2, 0.25) is 12.3 Å². The van der Waals surface area contributed by atoms with Crippen molar-refractivity contribution in [3.05, 3.63) is 60.5 Å². The molecule has 0 N–H and O–H groups in total. The Labute approximate surface area is 162 Å². The van der Waals surface area contributed by atoms with Gasteiger partial charge < -0.3 is 9.15 Å². The van der Waals surface area contributed by atoms with E-state index >= 15 is 0 Å². The lowest BCUT2D eigenvalue weighted by atomic mass is 9.98. The van der Waals surface area contributed by atoms with Crippen molar-refractivity contribution in [2.24, 2.45) is 11.0 Å². The van der Waals surface area contributed by atoms with Gasteiger partial charge in [0.05, 0.1) is 35.9 Å². The van der Waals surface area contributed by atoms with Gasteiger partial charge in [-0.1, -0.05) is 0 Å². The van der Waals surface area contributed by atoms with Gasteiger partial charge in [-0.2, -0.15) is 10.4 Å². The summed E-state index contributed by atoms with van der Waals surface area (Å²) in [5.74, 6) is 1.43. The number of rotatable bonds is 5. The van der Waals surface area contributed by atoms with E-state index in [1.807, 2.05) is 60.5 Å². The molecule has 2 heterocycles. The quantitative estimate of drug-likeness (QED) is 0.674. The van der Waals surface area contributed by atoms with Gasteiger partial charge in [-0.3, -0.25) is 5.01 Å². The van der Waals surface area contributed by atoms with Crippen molar-refractivity contribution < 1.29 is 9.15 Å². The Kier molecular flexibility index (Phi) is 4.77. The van der Waals surface area contributed by atoms with Gasteiger partial charge in [-0.05, 0) is 62.4 Å². The molecule has 0 fully saturated rings. The Balaban J connectivity index is 1.41. The number of benzene rings is 2. The molecule has 140 valence electrons. The van der Waals surface area contributed by atoms with Crippen molar-refractivity contribution in [2.45, 2.75) is 19.9 Å². The third-order valence-electron chi connectivity index (χ3n) is 4.92. The Morgan fingerprint density at radius 1 is 1.14 bits per heavy atom. The average Bonchev–Trinajstić information content (AvgIpc) is 3.36. The first-order valence-electron chi connectivity index (χ1n) is 8.99. The lowest BCUT2D eigenvalue weighted by Crippen LogP contribution is -2.33. The van der Waals surface area contributed by atoms with Crippen LogP contribution in [0, 0.1) is 17.2 Å². The highest BCUT2D eigenvalue weighted by Gasteiger charge is 2.33. The topological polar surface area (TPSA) is 87.5 Å². The molecule has 0 bridgehead atoms. The summed E-state index contributed by atoms with van der Waals surface area (Å²) in [5.41, 5.74) is 3.49. The SMILES string of the molecule is CC1=NN(c2ccc(C#N)cc2)C(C)C1COc1ccc(-c2nnco2)cc1. The molecule has 0 aliphatic carbocycles. The average molecular weight is 373 g/mol. The van der Waals surface area contributed by atoms with Crippen LogP contribution < -0.4 is 9.75 Å². The Bertz CT molecular complexity index is 1000. The summed E-state index contributed by atoms with van der Waals surface area (Å²) < 4.78 is 11.2. The standard InChI is InChI=1S/C21H19N5O2/c1-14-20(15(2)26(25-14)18-7-3-16(11-22)4-8-18)12-27-19-9-5-17(6-10-19)21-24-23-13-28-21/h3-10,13,15,20H,12H2,1-2H3. The highest BCUT2D eigenvalue weighted by molar-refractivity contribution is 5.89. The van der Waals surface area contributed by atoms with Crippen molar-refractivity contribution >= 4 is 11.4 Å². The largest absolute Gasteiger partial charge is 0.493 e. The fourth-order valence-electron chi connectivity index (χ4n) is 3.27. The molecule has 0 amide bonds. The molecular weight excluding hydrogens is 354 g/mol. The van der Waals surface area contributed by atoms with Gasteiger partial charge in [-0.15, -0.1) is 10.2 Å². The van der Waals surface area contributed by atoms with Crippen LogP contribution in [-0.4, -0.2) is 28.6 Å². The molecular formula is C21H19N5O2. The van der Waals surface area contributed by atoms with Crippen LogP contribution in [0.3, 0.4) is 0 Å². The summed E-state index contributed by atoms with van der Waals surface area (Å²) in [6, 6.07) is 17.3. The molecule has 1 aliphatic heterocycles. The minimum atomic E-state index is 0.158. The molecule has 4 rings (SSSR count). The molecule has 7 nitrogen and oxygen atoms in total. The van der Waals surface area contributed by atoms with Gasteiger partial charge in [0.25, 0.3) is 0 Å². The van der Waals surface area contributed by atoms with Gasteiger partial charge >= 0.3 is 0 Å². The molecule has 0 spiro atoms. The number of hydrogen-bond acceptors (Lipinski definition) is 7. The number of nitriles is 1. The molecule has 0 saturated heterocycles. The first kappa shape index (κ1) is 17.7. The van der Waals surface area contributed by atoms with E-state index in [0.717, 1.165) is 22.7 Å². The number of ether oxygens (including phenoxy) is 1. The third-order valence-corrected chi connectivity index (χ3v) is 4.92. The fraction of sp³-hybridized carbons (Fsp3) is 0.238. The summed E-state index contributed by atoms with van der Waals surface area (Å²) in [4.78, 5) is 0. The first-order chi connectivity index (χ1) is 13.7. The molecule has 1 aromatic heterocycles. The van der Waals surface area contributed by atoms with Gasteiger partial charge in [0.1, 0.15) is 5.75 Å². The van der Waals surface area contributed by atoms with E-state index in [-0.39, 0.29) is 12.0 Å². The minimum absolute atomic E-state index is 0.158. The summed E-state index contributed by atoms with van der Waals surface area (Å²) >= 11 is 0. The van der Waals surface area contributed by atoms with E-state index in [2.05, 4.69) is 23.2 Å². The monoisotopic (exact) mass is 373 g/mol. The lowest BCUT2D eigenvalue weighted by Gasteiger charge is -2.24.